The summed E-state index contributed by atoms with van der Waals surface area (Å²) in [4.78, 5) is 2.32. The van der Waals surface area contributed by atoms with E-state index >= 15 is 0 Å². The molecule has 1 unspecified atom stereocenters. The standard InChI is InChI=1S/C11H23NO2/c1-10(13)3-6-12(2)9-11-4-7-14-8-5-11/h10-11,13H,3-9H2,1-2H3. The van der Waals surface area contributed by atoms with E-state index in [4.69, 9.17) is 9.84 Å². The van der Waals surface area contributed by atoms with Crippen molar-refractivity contribution in [3.63, 3.8) is 0 Å². The van der Waals surface area contributed by atoms with Gasteiger partial charge in [-0.1, -0.05) is 0 Å². The highest BCUT2D eigenvalue weighted by molar-refractivity contribution is 4.67. The molecule has 0 aromatic heterocycles. The van der Waals surface area contributed by atoms with E-state index < -0.39 is 0 Å². The van der Waals surface area contributed by atoms with E-state index in [1.165, 1.54) is 12.8 Å². The van der Waals surface area contributed by atoms with Crippen LogP contribution in [0.25, 0.3) is 0 Å². The van der Waals surface area contributed by atoms with Gasteiger partial charge in [0.25, 0.3) is 0 Å². The fourth-order valence-corrected chi connectivity index (χ4v) is 1.87. The molecule has 0 aromatic rings. The third-order valence-corrected chi connectivity index (χ3v) is 2.84. The molecule has 1 N–H and O–H groups in total. The zero-order chi connectivity index (χ0) is 10.4. The summed E-state index contributed by atoms with van der Waals surface area (Å²) in [5.41, 5.74) is 0. The summed E-state index contributed by atoms with van der Waals surface area (Å²) in [6, 6.07) is 0. The van der Waals surface area contributed by atoms with Gasteiger partial charge in [0, 0.05) is 26.3 Å². The minimum absolute atomic E-state index is 0.174. The van der Waals surface area contributed by atoms with Crippen molar-refractivity contribution in [3.05, 3.63) is 0 Å². The van der Waals surface area contributed by atoms with Crippen LogP contribution in [0.5, 0.6) is 0 Å². The number of ether oxygens (including phenoxy) is 1. The van der Waals surface area contributed by atoms with Crippen LogP contribution < -0.4 is 0 Å². The first-order valence-electron chi connectivity index (χ1n) is 5.63. The lowest BCUT2D eigenvalue weighted by molar-refractivity contribution is 0.0539. The Labute approximate surface area is 87.1 Å². The van der Waals surface area contributed by atoms with Crippen molar-refractivity contribution in [1.82, 2.24) is 4.90 Å². The van der Waals surface area contributed by atoms with Gasteiger partial charge < -0.3 is 14.7 Å². The van der Waals surface area contributed by atoms with Gasteiger partial charge in [-0.15, -0.1) is 0 Å². The number of aliphatic hydroxyl groups is 1. The Morgan fingerprint density at radius 3 is 2.64 bits per heavy atom. The van der Waals surface area contributed by atoms with Gasteiger partial charge in [-0.05, 0) is 39.2 Å². The fraction of sp³-hybridized carbons (Fsp3) is 1.00. The molecular weight excluding hydrogens is 178 g/mol. The molecule has 1 rings (SSSR count). The van der Waals surface area contributed by atoms with Crippen LogP contribution in [0.4, 0.5) is 0 Å². The Bertz CT molecular complexity index is 144. The summed E-state index contributed by atoms with van der Waals surface area (Å²) in [5.74, 6) is 0.794. The molecule has 0 saturated carbocycles. The molecule has 1 aliphatic heterocycles. The smallest absolute Gasteiger partial charge is 0.0524 e. The second kappa shape index (κ2) is 6.38. The van der Waals surface area contributed by atoms with E-state index in [0.29, 0.717) is 0 Å². The molecule has 0 aliphatic carbocycles. The number of rotatable bonds is 5. The van der Waals surface area contributed by atoms with Gasteiger partial charge in [0.2, 0.25) is 0 Å². The van der Waals surface area contributed by atoms with E-state index in [0.717, 1.165) is 38.6 Å². The lowest BCUT2D eigenvalue weighted by atomic mass is 10.00. The Balaban J connectivity index is 2.09. The van der Waals surface area contributed by atoms with Crippen LogP contribution in [0.3, 0.4) is 0 Å². The van der Waals surface area contributed by atoms with E-state index in [-0.39, 0.29) is 6.10 Å². The zero-order valence-corrected chi connectivity index (χ0v) is 9.41. The Morgan fingerprint density at radius 2 is 2.07 bits per heavy atom. The minimum Gasteiger partial charge on any atom is -0.393 e. The van der Waals surface area contributed by atoms with E-state index in [2.05, 4.69) is 11.9 Å². The Morgan fingerprint density at radius 1 is 1.43 bits per heavy atom. The van der Waals surface area contributed by atoms with Crippen molar-refractivity contribution in [2.45, 2.75) is 32.3 Å². The van der Waals surface area contributed by atoms with E-state index in [1.54, 1.807) is 0 Å². The van der Waals surface area contributed by atoms with Gasteiger partial charge >= 0.3 is 0 Å². The molecule has 1 fully saturated rings. The van der Waals surface area contributed by atoms with Gasteiger partial charge in [0.05, 0.1) is 6.10 Å². The fourth-order valence-electron chi connectivity index (χ4n) is 1.87. The molecule has 3 nitrogen and oxygen atoms in total. The third-order valence-electron chi connectivity index (χ3n) is 2.84. The van der Waals surface area contributed by atoms with Gasteiger partial charge in [0.1, 0.15) is 0 Å². The number of hydrogen-bond acceptors (Lipinski definition) is 3. The minimum atomic E-state index is -0.174. The van der Waals surface area contributed by atoms with Gasteiger partial charge in [0.15, 0.2) is 0 Å². The van der Waals surface area contributed by atoms with Gasteiger partial charge in [-0.3, -0.25) is 0 Å². The summed E-state index contributed by atoms with van der Waals surface area (Å²) in [6.07, 6.45) is 3.09. The summed E-state index contributed by atoms with van der Waals surface area (Å²) < 4.78 is 5.32. The number of aliphatic hydroxyl groups excluding tert-OH is 1. The van der Waals surface area contributed by atoms with Crippen LogP contribution in [0.15, 0.2) is 0 Å². The average molecular weight is 201 g/mol. The quantitative estimate of drug-likeness (QED) is 0.723. The van der Waals surface area contributed by atoms with Crippen molar-refractivity contribution in [2.24, 2.45) is 5.92 Å². The maximum atomic E-state index is 9.16. The highest BCUT2D eigenvalue weighted by atomic mass is 16.5. The second-order valence-electron chi connectivity index (χ2n) is 4.46. The average Bonchev–Trinajstić information content (AvgIpc) is 2.16. The molecule has 0 radical (unpaired) electrons. The number of nitrogens with zero attached hydrogens (tertiary/aromatic N) is 1. The highest BCUT2D eigenvalue weighted by Crippen LogP contribution is 2.15. The molecule has 0 bridgehead atoms. The molecule has 1 heterocycles. The van der Waals surface area contributed by atoms with Crippen molar-refractivity contribution in [1.29, 1.82) is 0 Å². The van der Waals surface area contributed by atoms with Gasteiger partial charge in [-0.2, -0.15) is 0 Å². The predicted octanol–water partition coefficient (Wildman–Crippen LogP) is 1.12. The first-order valence-corrected chi connectivity index (χ1v) is 5.63. The highest BCUT2D eigenvalue weighted by Gasteiger charge is 2.15. The van der Waals surface area contributed by atoms with Crippen LogP contribution in [-0.4, -0.2) is 49.5 Å². The van der Waals surface area contributed by atoms with Crippen LogP contribution in [0.2, 0.25) is 0 Å². The first-order chi connectivity index (χ1) is 6.68. The summed E-state index contributed by atoms with van der Waals surface area (Å²) in [6.45, 7) is 5.84. The van der Waals surface area contributed by atoms with E-state index in [9.17, 15) is 0 Å². The molecule has 14 heavy (non-hydrogen) atoms. The molecule has 0 spiro atoms. The monoisotopic (exact) mass is 201 g/mol. The Hall–Kier alpha value is -0.120. The largest absolute Gasteiger partial charge is 0.393 e. The summed E-state index contributed by atoms with van der Waals surface area (Å²) in [5, 5.41) is 9.16. The molecule has 1 saturated heterocycles. The topological polar surface area (TPSA) is 32.7 Å². The van der Waals surface area contributed by atoms with Crippen molar-refractivity contribution in [2.75, 3.05) is 33.4 Å². The maximum absolute atomic E-state index is 9.16. The predicted molar refractivity (Wildman–Crippen MR) is 57.3 cm³/mol. The molecule has 1 atom stereocenters. The zero-order valence-electron chi connectivity index (χ0n) is 9.41. The maximum Gasteiger partial charge on any atom is 0.0524 e. The summed E-state index contributed by atoms with van der Waals surface area (Å²) >= 11 is 0. The van der Waals surface area contributed by atoms with Gasteiger partial charge in [-0.25, -0.2) is 0 Å². The normalized spacial score (nSPS) is 21.4. The molecule has 0 aromatic carbocycles. The van der Waals surface area contributed by atoms with Crippen molar-refractivity contribution < 1.29 is 9.84 Å². The summed E-state index contributed by atoms with van der Waals surface area (Å²) in [7, 11) is 2.14. The molecule has 3 heteroatoms. The van der Waals surface area contributed by atoms with Crippen LogP contribution >= 0.6 is 0 Å². The van der Waals surface area contributed by atoms with Crippen molar-refractivity contribution >= 4 is 0 Å². The van der Waals surface area contributed by atoms with E-state index in [1.807, 2.05) is 6.92 Å². The SMILES string of the molecule is CC(O)CCN(C)CC1CCOCC1. The Kier molecular flexibility index (Phi) is 5.45. The van der Waals surface area contributed by atoms with Crippen LogP contribution in [0.1, 0.15) is 26.2 Å². The third kappa shape index (κ3) is 4.94. The van der Waals surface area contributed by atoms with Crippen molar-refractivity contribution in [3.8, 4) is 0 Å². The lowest BCUT2D eigenvalue weighted by Gasteiger charge is -2.27. The first kappa shape index (κ1) is 12.0. The second-order valence-corrected chi connectivity index (χ2v) is 4.46. The van der Waals surface area contributed by atoms with Crippen LogP contribution in [-0.2, 0) is 4.74 Å². The molecule has 1 aliphatic rings. The molecular formula is C11H23NO2. The molecule has 84 valence electrons. The number of hydrogen-bond donors (Lipinski definition) is 1. The lowest BCUT2D eigenvalue weighted by Crippen LogP contribution is -2.31. The van der Waals surface area contributed by atoms with Crippen LogP contribution in [0, 0.1) is 5.92 Å². The molecule has 0 amide bonds.